The summed E-state index contributed by atoms with van der Waals surface area (Å²) < 4.78 is 5.24. The number of aromatic amines is 2. The first-order chi connectivity index (χ1) is 9.74. The first kappa shape index (κ1) is 15.3. The number of H-pyrrole nitrogens is 2. The third-order valence-corrected chi connectivity index (χ3v) is 3.01. The summed E-state index contributed by atoms with van der Waals surface area (Å²) in [6.45, 7) is 7.61. The Morgan fingerprint density at radius 1 is 1.29 bits per heavy atom. The Hall–Kier alpha value is -2.08. The zero-order valence-electron chi connectivity index (χ0n) is 12.7. The standard InChI is InChI=1S/C15H21N3O3/c1-9(16-8-13(19)21-15(2,3)4)10-5-6-11-12(7-10)18-14(20)17-11/h5-7,9,16H,8H2,1-4H3,(H2,17,18,20). The maximum Gasteiger partial charge on any atom is 0.323 e. The summed E-state index contributed by atoms with van der Waals surface area (Å²) in [5.74, 6) is -0.287. The molecule has 0 aliphatic heterocycles. The minimum Gasteiger partial charge on any atom is -0.459 e. The predicted molar refractivity (Wildman–Crippen MR) is 81.2 cm³/mol. The molecule has 1 heterocycles. The molecule has 6 heteroatoms. The van der Waals surface area contributed by atoms with E-state index in [0.29, 0.717) is 0 Å². The number of aromatic nitrogens is 2. The van der Waals surface area contributed by atoms with Gasteiger partial charge >= 0.3 is 11.7 Å². The predicted octanol–water partition coefficient (Wildman–Crippen LogP) is 1.85. The third-order valence-electron chi connectivity index (χ3n) is 3.01. The largest absolute Gasteiger partial charge is 0.459 e. The fourth-order valence-electron chi connectivity index (χ4n) is 2.05. The Kier molecular flexibility index (Phi) is 4.18. The van der Waals surface area contributed by atoms with Crippen molar-refractivity contribution in [1.29, 1.82) is 0 Å². The fourth-order valence-corrected chi connectivity index (χ4v) is 2.05. The summed E-state index contributed by atoms with van der Waals surface area (Å²) in [7, 11) is 0. The molecule has 1 aromatic heterocycles. The highest BCUT2D eigenvalue weighted by atomic mass is 16.6. The van der Waals surface area contributed by atoms with E-state index in [1.54, 1.807) is 0 Å². The van der Waals surface area contributed by atoms with Crippen LogP contribution in [0.15, 0.2) is 23.0 Å². The van der Waals surface area contributed by atoms with Gasteiger partial charge in [-0.3, -0.25) is 4.79 Å². The van der Waals surface area contributed by atoms with Crippen molar-refractivity contribution in [1.82, 2.24) is 15.3 Å². The average Bonchev–Trinajstić information content (AvgIpc) is 2.72. The van der Waals surface area contributed by atoms with Crippen molar-refractivity contribution < 1.29 is 9.53 Å². The Morgan fingerprint density at radius 3 is 2.62 bits per heavy atom. The first-order valence-electron chi connectivity index (χ1n) is 6.92. The molecule has 21 heavy (non-hydrogen) atoms. The Morgan fingerprint density at radius 2 is 1.95 bits per heavy atom. The highest BCUT2D eigenvalue weighted by Gasteiger charge is 2.17. The normalized spacial score (nSPS) is 13.3. The lowest BCUT2D eigenvalue weighted by Gasteiger charge is -2.21. The van der Waals surface area contributed by atoms with Crippen LogP contribution in [0.2, 0.25) is 0 Å². The molecule has 2 rings (SSSR count). The maximum atomic E-state index is 11.7. The van der Waals surface area contributed by atoms with Crippen LogP contribution in [0.3, 0.4) is 0 Å². The van der Waals surface area contributed by atoms with E-state index < -0.39 is 5.60 Å². The minimum atomic E-state index is -0.481. The van der Waals surface area contributed by atoms with Gasteiger partial charge in [-0.1, -0.05) is 6.07 Å². The van der Waals surface area contributed by atoms with E-state index in [-0.39, 0.29) is 24.2 Å². The van der Waals surface area contributed by atoms with E-state index in [2.05, 4.69) is 15.3 Å². The van der Waals surface area contributed by atoms with E-state index in [1.807, 2.05) is 45.9 Å². The zero-order chi connectivity index (χ0) is 15.6. The molecular weight excluding hydrogens is 270 g/mol. The Balaban J connectivity index is 2.00. The molecule has 0 fully saturated rings. The highest BCUT2D eigenvalue weighted by Crippen LogP contribution is 2.17. The van der Waals surface area contributed by atoms with Gasteiger partial charge in [0.25, 0.3) is 0 Å². The fraction of sp³-hybridized carbons (Fsp3) is 0.467. The SMILES string of the molecule is CC(NCC(=O)OC(C)(C)C)c1ccc2[nH]c(=O)[nH]c2c1. The van der Waals surface area contributed by atoms with Crippen molar-refractivity contribution >= 4 is 17.0 Å². The number of carbonyl (C=O) groups is 1. The van der Waals surface area contributed by atoms with E-state index >= 15 is 0 Å². The van der Waals surface area contributed by atoms with Crippen LogP contribution in [0.25, 0.3) is 11.0 Å². The molecule has 3 N–H and O–H groups in total. The molecule has 0 saturated carbocycles. The number of fused-ring (bicyclic) bond motifs is 1. The minimum absolute atomic E-state index is 0.0275. The Labute approximate surface area is 122 Å². The van der Waals surface area contributed by atoms with Crippen LogP contribution >= 0.6 is 0 Å². The number of imidazole rings is 1. The second kappa shape index (κ2) is 5.73. The van der Waals surface area contributed by atoms with Crippen molar-refractivity contribution in [2.75, 3.05) is 6.54 Å². The number of hydrogen-bond donors (Lipinski definition) is 3. The summed E-state index contributed by atoms with van der Waals surface area (Å²) in [5, 5.41) is 3.12. The summed E-state index contributed by atoms with van der Waals surface area (Å²) >= 11 is 0. The van der Waals surface area contributed by atoms with Gasteiger partial charge in [-0.05, 0) is 45.4 Å². The molecule has 0 aliphatic carbocycles. The average molecular weight is 291 g/mol. The van der Waals surface area contributed by atoms with E-state index in [0.717, 1.165) is 16.6 Å². The van der Waals surface area contributed by atoms with E-state index in [9.17, 15) is 9.59 Å². The van der Waals surface area contributed by atoms with Gasteiger partial charge < -0.3 is 20.0 Å². The van der Waals surface area contributed by atoms with Gasteiger partial charge in [0.15, 0.2) is 0 Å². The third kappa shape index (κ3) is 4.19. The summed E-state index contributed by atoms with van der Waals surface area (Å²) in [6.07, 6.45) is 0. The van der Waals surface area contributed by atoms with Gasteiger partial charge in [-0.15, -0.1) is 0 Å². The number of nitrogens with one attached hydrogen (secondary N) is 3. The molecule has 6 nitrogen and oxygen atoms in total. The number of ether oxygens (including phenoxy) is 1. The van der Waals surface area contributed by atoms with Gasteiger partial charge in [0.1, 0.15) is 5.60 Å². The summed E-state index contributed by atoms with van der Waals surface area (Å²) in [4.78, 5) is 28.3. The maximum absolute atomic E-state index is 11.7. The van der Waals surface area contributed by atoms with Gasteiger partial charge in [-0.25, -0.2) is 4.79 Å². The van der Waals surface area contributed by atoms with Gasteiger partial charge in [0.2, 0.25) is 0 Å². The van der Waals surface area contributed by atoms with E-state index in [4.69, 9.17) is 4.74 Å². The summed E-state index contributed by atoms with van der Waals surface area (Å²) in [6, 6.07) is 5.62. The molecule has 1 aromatic carbocycles. The van der Waals surface area contributed by atoms with Crippen LogP contribution < -0.4 is 11.0 Å². The smallest absolute Gasteiger partial charge is 0.323 e. The molecule has 0 aliphatic rings. The van der Waals surface area contributed by atoms with Crippen LogP contribution in [0.5, 0.6) is 0 Å². The van der Waals surface area contributed by atoms with Gasteiger partial charge in [0.05, 0.1) is 17.6 Å². The zero-order valence-corrected chi connectivity index (χ0v) is 12.7. The van der Waals surface area contributed by atoms with Crippen molar-refractivity contribution in [2.24, 2.45) is 0 Å². The van der Waals surface area contributed by atoms with Gasteiger partial charge in [-0.2, -0.15) is 0 Å². The van der Waals surface area contributed by atoms with Crippen LogP contribution in [-0.2, 0) is 9.53 Å². The summed E-state index contributed by atoms with van der Waals surface area (Å²) in [5.41, 5.74) is 1.80. The molecule has 0 radical (unpaired) electrons. The second-order valence-electron chi connectivity index (χ2n) is 6.07. The molecule has 0 saturated heterocycles. The highest BCUT2D eigenvalue weighted by molar-refractivity contribution is 5.75. The molecule has 2 aromatic rings. The molecule has 1 atom stereocenters. The quantitative estimate of drug-likeness (QED) is 0.750. The van der Waals surface area contributed by atoms with Crippen LogP contribution in [0, 0.1) is 0 Å². The van der Waals surface area contributed by atoms with Crippen molar-refractivity contribution in [3.05, 3.63) is 34.2 Å². The van der Waals surface area contributed by atoms with Crippen LogP contribution in [-0.4, -0.2) is 28.1 Å². The lowest BCUT2D eigenvalue weighted by atomic mass is 10.1. The lowest BCUT2D eigenvalue weighted by Crippen LogP contribution is -2.32. The first-order valence-corrected chi connectivity index (χ1v) is 6.92. The Bertz CT molecular complexity index is 694. The monoisotopic (exact) mass is 291 g/mol. The van der Waals surface area contributed by atoms with Crippen molar-refractivity contribution in [3.63, 3.8) is 0 Å². The molecule has 0 spiro atoms. The number of carbonyl (C=O) groups excluding carboxylic acids is 1. The lowest BCUT2D eigenvalue weighted by molar-refractivity contribution is -0.153. The number of esters is 1. The number of hydrogen-bond acceptors (Lipinski definition) is 4. The van der Waals surface area contributed by atoms with Crippen LogP contribution in [0.1, 0.15) is 39.3 Å². The second-order valence-corrected chi connectivity index (χ2v) is 6.07. The van der Waals surface area contributed by atoms with Crippen molar-refractivity contribution in [3.8, 4) is 0 Å². The number of rotatable bonds is 4. The topological polar surface area (TPSA) is 87.0 Å². The molecule has 0 bridgehead atoms. The van der Waals surface area contributed by atoms with Crippen molar-refractivity contribution in [2.45, 2.75) is 39.3 Å². The van der Waals surface area contributed by atoms with Gasteiger partial charge in [0, 0.05) is 6.04 Å². The molecule has 0 amide bonds. The molecule has 114 valence electrons. The molecule has 1 unspecified atom stereocenters. The van der Waals surface area contributed by atoms with E-state index in [1.165, 1.54) is 0 Å². The number of benzene rings is 1. The van der Waals surface area contributed by atoms with Crippen LogP contribution in [0.4, 0.5) is 0 Å². The molecular formula is C15H21N3O3.